The Hall–Kier alpha value is -2.57. The monoisotopic (exact) mass is 394 g/mol. The number of hydrogen-bond donors (Lipinski definition) is 1. The molecule has 1 aromatic heterocycles. The van der Waals surface area contributed by atoms with Gasteiger partial charge in [-0.25, -0.2) is 9.78 Å². The van der Waals surface area contributed by atoms with Crippen LogP contribution in [0.2, 0.25) is 10.0 Å². The van der Waals surface area contributed by atoms with E-state index in [0.717, 1.165) is 0 Å². The van der Waals surface area contributed by atoms with Gasteiger partial charge in [0.15, 0.2) is 12.4 Å². The molecule has 8 heteroatoms. The van der Waals surface area contributed by atoms with Crippen LogP contribution in [0.25, 0.3) is 6.08 Å². The van der Waals surface area contributed by atoms with Gasteiger partial charge >= 0.3 is 5.97 Å². The molecule has 0 atom stereocenters. The number of nitrogens with zero attached hydrogens (tertiary/aromatic N) is 1. The summed E-state index contributed by atoms with van der Waals surface area (Å²) in [6.07, 6.45) is 2.75. The Balaban J connectivity index is 1.90. The molecular formula is C18H16Cl2N2O4. The zero-order valence-corrected chi connectivity index (χ0v) is 15.6. The average molecular weight is 395 g/mol. The van der Waals surface area contributed by atoms with E-state index >= 15 is 0 Å². The maximum absolute atomic E-state index is 11.9. The number of anilines is 1. The van der Waals surface area contributed by atoms with Crippen LogP contribution in [0.3, 0.4) is 0 Å². The van der Waals surface area contributed by atoms with Crippen molar-refractivity contribution in [3.63, 3.8) is 0 Å². The second kappa shape index (κ2) is 9.22. The van der Waals surface area contributed by atoms with Crippen molar-refractivity contribution >= 4 is 47.0 Å². The van der Waals surface area contributed by atoms with Gasteiger partial charge in [0.1, 0.15) is 5.75 Å². The van der Waals surface area contributed by atoms with E-state index in [9.17, 15) is 9.59 Å². The topological polar surface area (TPSA) is 77.5 Å². The van der Waals surface area contributed by atoms with Crippen molar-refractivity contribution in [2.75, 3.05) is 19.0 Å². The number of esters is 1. The van der Waals surface area contributed by atoms with Crippen molar-refractivity contribution in [3.05, 3.63) is 57.7 Å². The summed E-state index contributed by atoms with van der Waals surface area (Å²) in [5.74, 6) is -0.468. The van der Waals surface area contributed by atoms with Gasteiger partial charge in [-0.3, -0.25) is 4.79 Å². The zero-order chi connectivity index (χ0) is 19.1. The minimum absolute atomic E-state index is 0.152. The number of carbonyl (C=O) groups is 2. The molecule has 26 heavy (non-hydrogen) atoms. The van der Waals surface area contributed by atoms with Crippen molar-refractivity contribution in [1.82, 2.24) is 4.98 Å². The Morgan fingerprint density at radius 1 is 1.23 bits per heavy atom. The average Bonchev–Trinajstić information content (AvgIpc) is 2.63. The number of para-hydroxylation sites is 1. The van der Waals surface area contributed by atoms with Crippen molar-refractivity contribution in [2.45, 2.75) is 6.92 Å². The third-order valence-electron chi connectivity index (χ3n) is 3.25. The van der Waals surface area contributed by atoms with Crippen molar-refractivity contribution in [3.8, 4) is 5.75 Å². The predicted molar refractivity (Wildman–Crippen MR) is 101 cm³/mol. The number of nitrogens with one attached hydrogen (secondary N) is 1. The standard InChI is InChI=1S/C18H16Cl2N2O4/c1-11-13(19)9-14(20)18(21-11)22-16(23)10-26-17(24)8-7-12-5-3-4-6-15(12)25-2/h3-9H,10H2,1-2H3,(H,21,22,23)/b8-7+. The van der Waals surface area contributed by atoms with E-state index in [1.165, 1.54) is 19.3 Å². The number of pyridine rings is 1. The molecule has 6 nitrogen and oxygen atoms in total. The molecular weight excluding hydrogens is 379 g/mol. The van der Waals surface area contributed by atoms with E-state index < -0.39 is 18.5 Å². The third kappa shape index (κ3) is 5.47. The van der Waals surface area contributed by atoms with E-state index in [0.29, 0.717) is 22.0 Å². The summed E-state index contributed by atoms with van der Waals surface area (Å²) >= 11 is 11.8. The van der Waals surface area contributed by atoms with Crippen LogP contribution in [0.5, 0.6) is 5.75 Å². The third-order valence-corrected chi connectivity index (χ3v) is 3.92. The highest BCUT2D eigenvalue weighted by Gasteiger charge is 2.11. The molecule has 1 aromatic carbocycles. The zero-order valence-electron chi connectivity index (χ0n) is 14.1. The van der Waals surface area contributed by atoms with Crippen LogP contribution < -0.4 is 10.1 Å². The van der Waals surface area contributed by atoms with Gasteiger partial charge in [0.05, 0.1) is 22.8 Å². The minimum atomic E-state index is -0.669. The van der Waals surface area contributed by atoms with Crippen molar-refractivity contribution in [2.24, 2.45) is 0 Å². The van der Waals surface area contributed by atoms with Crippen LogP contribution in [0.1, 0.15) is 11.3 Å². The second-order valence-electron chi connectivity index (χ2n) is 5.12. The number of aryl methyl sites for hydroxylation is 1. The fourth-order valence-corrected chi connectivity index (χ4v) is 2.37. The molecule has 0 radical (unpaired) electrons. The largest absolute Gasteiger partial charge is 0.496 e. The molecule has 0 aliphatic carbocycles. The number of benzene rings is 1. The minimum Gasteiger partial charge on any atom is -0.496 e. The number of halogens is 2. The lowest BCUT2D eigenvalue weighted by atomic mass is 10.2. The van der Waals surface area contributed by atoms with E-state index in [1.54, 1.807) is 25.1 Å². The van der Waals surface area contributed by atoms with Gasteiger partial charge in [-0.1, -0.05) is 41.4 Å². The highest BCUT2D eigenvalue weighted by Crippen LogP contribution is 2.25. The molecule has 0 fully saturated rings. The maximum atomic E-state index is 11.9. The highest BCUT2D eigenvalue weighted by atomic mass is 35.5. The number of amides is 1. The molecule has 0 spiro atoms. The SMILES string of the molecule is COc1ccccc1/C=C/C(=O)OCC(=O)Nc1nc(C)c(Cl)cc1Cl. The van der Waals surface area contributed by atoms with Crippen LogP contribution in [0.15, 0.2) is 36.4 Å². The van der Waals surface area contributed by atoms with Crippen LogP contribution in [0, 0.1) is 6.92 Å². The first-order valence-electron chi connectivity index (χ1n) is 7.51. The summed E-state index contributed by atoms with van der Waals surface area (Å²) in [5, 5.41) is 3.04. The molecule has 2 rings (SSSR count). The molecule has 1 heterocycles. The number of hydrogen-bond acceptors (Lipinski definition) is 5. The molecule has 0 aliphatic rings. The quantitative estimate of drug-likeness (QED) is 0.593. The Bertz CT molecular complexity index is 853. The molecule has 0 unspecified atom stereocenters. The Kier molecular flexibility index (Phi) is 7.00. The van der Waals surface area contributed by atoms with Gasteiger partial charge in [-0.2, -0.15) is 0 Å². The van der Waals surface area contributed by atoms with E-state index in [4.69, 9.17) is 32.7 Å². The van der Waals surface area contributed by atoms with Crippen molar-refractivity contribution in [1.29, 1.82) is 0 Å². The summed E-state index contributed by atoms with van der Waals surface area (Å²) in [5.41, 5.74) is 1.23. The van der Waals surface area contributed by atoms with Crippen LogP contribution in [-0.2, 0) is 14.3 Å². The summed E-state index contributed by atoms with van der Waals surface area (Å²) in [6, 6.07) is 8.65. The lowest BCUT2D eigenvalue weighted by molar-refractivity contribution is -0.142. The molecule has 1 N–H and O–H groups in total. The molecule has 136 valence electrons. The Morgan fingerprint density at radius 2 is 1.96 bits per heavy atom. The van der Waals surface area contributed by atoms with E-state index in [2.05, 4.69) is 10.3 Å². The van der Waals surface area contributed by atoms with Gasteiger partial charge in [-0.15, -0.1) is 0 Å². The molecule has 1 amide bonds. The van der Waals surface area contributed by atoms with Gasteiger partial charge in [0.2, 0.25) is 0 Å². The van der Waals surface area contributed by atoms with Gasteiger partial charge in [-0.05, 0) is 25.1 Å². The van der Waals surface area contributed by atoms with Crippen LogP contribution in [-0.4, -0.2) is 30.6 Å². The number of ether oxygens (including phenoxy) is 2. The molecule has 0 saturated heterocycles. The number of aromatic nitrogens is 1. The van der Waals surface area contributed by atoms with Crippen molar-refractivity contribution < 1.29 is 19.1 Å². The molecule has 0 aliphatic heterocycles. The number of carbonyl (C=O) groups excluding carboxylic acids is 2. The Labute approximate surface area is 160 Å². The first kappa shape index (κ1) is 19.8. The predicted octanol–water partition coefficient (Wildman–Crippen LogP) is 3.90. The number of methoxy groups -OCH3 is 1. The fraction of sp³-hybridized carbons (Fsp3) is 0.167. The fourth-order valence-electron chi connectivity index (χ4n) is 1.96. The molecule has 2 aromatic rings. The van der Waals surface area contributed by atoms with E-state index in [1.807, 2.05) is 12.1 Å². The lowest BCUT2D eigenvalue weighted by Crippen LogP contribution is -2.21. The van der Waals surface area contributed by atoms with Crippen LogP contribution >= 0.6 is 23.2 Å². The number of rotatable bonds is 6. The van der Waals surface area contributed by atoms with E-state index in [-0.39, 0.29) is 10.8 Å². The normalized spacial score (nSPS) is 10.6. The summed E-state index contributed by atoms with van der Waals surface area (Å²) in [4.78, 5) is 27.7. The highest BCUT2D eigenvalue weighted by molar-refractivity contribution is 6.36. The summed E-state index contributed by atoms with van der Waals surface area (Å²) < 4.78 is 10.1. The van der Waals surface area contributed by atoms with Gasteiger partial charge < -0.3 is 14.8 Å². The summed E-state index contributed by atoms with van der Waals surface area (Å²) in [6.45, 7) is 1.20. The van der Waals surface area contributed by atoms with Crippen LogP contribution in [0.4, 0.5) is 5.82 Å². The first-order chi connectivity index (χ1) is 12.4. The van der Waals surface area contributed by atoms with Gasteiger partial charge in [0, 0.05) is 11.6 Å². The summed E-state index contributed by atoms with van der Waals surface area (Å²) in [7, 11) is 1.53. The maximum Gasteiger partial charge on any atom is 0.331 e. The smallest absolute Gasteiger partial charge is 0.331 e. The molecule has 0 bridgehead atoms. The first-order valence-corrected chi connectivity index (χ1v) is 8.26. The van der Waals surface area contributed by atoms with Gasteiger partial charge in [0.25, 0.3) is 5.91 Å². The molecule has 0 saturated carbocycles. The lowest BCUT2D eigenvalue weighted by Gasteiger charge is -2.08. The Morgan fingerprint density at radius 3 is 2.69 bits per heavy atom. The second-order valence-corrected chi connectivity index (χ2v) is 5.93.